The fourth-order valence-electron chi connectivity index (χ4n) is 2.16. The minimum atomic E-state index is -0.529. The van der Waals surface area contributed by atoms with E-state index in [2.05, 4.69) is 21.2 Å². The van der Waals surface area contributed by atoms with Crippen molar-refractivity contribution in [1.29, 1.82) is 0 Å². The van der Waals surface area contributed by atoms with Gasteiger partial charge in [-0.3, -0.25) is 14.9 Å². The molecule has 0 saturated carbocycles. The number of nitrogens with zero attached hydrogens (tertiary/aromatic N) is 2. The second kappa shape index (κ2) is 7.01. The maximum absolute atomic E-state index is 12.3. The van der Waals surface area contributed by atoms with Crippen LogP contribution in [0.4, 0.5) is 5.69 Å². The zero-order chi connectivity index (χ0) is 14.0. The lowest BCUT2D eigenvalue weighted by Gasteiger charge is -2.23. The van der Waals surface area contributed by atoms with Crippen LogP contribution in [0.25, 0.3) is 0 Å². The fourth-order valence-corrected chi connectivity index (χ4v) is 2.51. The van der Waals surface area contributed by atoms with Crippen LogP contribution < -0.4 is 5.32 Å². The molecule has 1 unspecified atom stereocenters. The van der Waals surface area contributed by atoms with Crippen LogP contribution in [0.3, 0.4) is 0 Å². The number of carbonyl (C=O) groups is 1. The Morgan fingerprint density at radius 2 is 2.25 bits per heavy atom. The molecule has 1 aromatic rings. The monoisotopic (exact) mass is 363 g/mol. The molecule has 110 valence electrons. The van der Waals surface area contributed by atoms with E-state index < -0.39 is 4.92 Å². The summed E-state index contributed by atoms with van der Waals surface area (Å²) in [6, 6.07) is 4.58. The van der Waals surface area contributed by atoms with E-state index in [1.165, 1.54) is 12.1 Å². The van der Waals surface area contributed by atoms with Gasteiger partial charge in [0.25, 0.3) is 11.6 Å². The first kappa shape index (κ1) is 16.9. The molecule has 1 aliphatic heterocycles. The number of hydrogen-bond donors (Lipinski definition) is 1. The molecule has 0 bridgehead atoms. The summed E-state index contributed by atoms with van der Waals surface area (Å²) in [5.41, 5.74) is -0.0419. The Labute approximate surface area is 131 Å². The van der Waals surface area contributed by atoms with Crippen LogP contribution in [-0.4, -0.2) is 41.9 Å². The van der Waals surface area contributed by atoms with E-state index >= 15 is 0 Å². The first-order valence-electron chi connectivity index (χ1n) is 5.92. The van der Waals surface area contributed by atoms with Crippen LogP contribution in [0, 0.1) is 10.1 Å². The molecule has 1 fully saturated rings. The van der Waals surface area contributed by atoms with Gasteiger partial charge < -0.3 is 10.2 Å². The van der Waals surface area contributed by atoms with Crippen molar-refractivity contribution >= 4 is 39.9 Å². The quantitative estimate of drug-likeness (QED) is 0.659. The molecule has 1 atom stereocenters. The molecule has 6 nitrogen and oxygen atoms in total. The minimum Gasteiger partial charge on any atom is -0.337 e. The van der Waals surface area contributed by atoms with E-state index in [9.17, 15) is 14.9 Å². The van der Waals surface area contributed by atoms with Gasteiger partial charge in [-0.2, -0.15) is 0 Å². The molecule has 0 aliphatic carbocycles. The van der Waals surface area contributed by atoms with Gasteiger partial charge in [-0.1, -0.05) is 15.9 Å². The highest BCUT2D eigenvalue weighted by Gasteiger charge is 2.28. The molecule has 1 aromatic carbocycles. The SMILES string of the molecule is CN(C(=O)c1ccc(Br)cc1[N+](=O)[O-])C1CCNC1.Cl. The number of halogens is 2. The average Bonchev–Trinajstić information content (AvgIpc) is 2.90. The smallest absolute Gasteiger partial charge is 0.283 e. The van der Waals surface area contributed by atoms with E-state index in [-0.39, 0.29) is 35.6 Å². The van der Waals surface area contributed by atoms with Gasteiger partial charge in [0.15, 0.2) is 0 Å². The number of nitrogens with one attached hydrogen (secondary N) is 1. The van der Waals surface area contributed by atoms with E-state index in [0.717, 1.165) is 19.5 Å². The van der Waals surface area contributed by atoms with Crippen molar-refractivity contribution in [3.63, 3.8) is 0 Å². The number of rotatable bonds is 3. The number of hydrogen-bond acceptors (Lipinski definition) is 4. The highest BCUT2D eigenvalue weighted by molar-refractivity contribution is 9.10. The highest BCUT2D eigenvalue weighted by atomic mass is 79.9. The lowest BCUT2D eigenvalue weighted by Crippen LogP contribution is -2.38. The maximum Gasteiger partial charge on any atom is 0.283 e. The van der Waals surface area contributed by atoms with Crippen molar-refractivity contribution in [2.75, 3.05) is 20.1 Å². The van der Waals surface area contributed by atoms with Crippen molar-refractivity contribution in [2.24, 2.45) is 0 Å². The van der Waals surface area contributed by atoms with Gasteiger partial charge in [0.1, 0.15) is 5.56 Å². The van der Waals surface area contributed by atoms with Crippen LogP contribution in [0.1, 0.15) is 16.8 Å². The van der Waals surface area contributed by atoms with Crippen molar-refractivity contribution in [3.8, 4) is 0 Å². The summed E-state index contributed by atoms with van der Waals surface area (Å²) >= 11 is 3.18. The number of nitro groups is 1. The normalized spacial score (nSPS) is 17.4. The summed E-state index contributed by atoms with van der Waals surface area (Å²) in [4.78, 5) is 24.4. The lowest BCUT2D eigenvalue weighted by molar-refractivity contribution is -0.385. The molecular formula is C12H15BrClN3O3. The number of carbonyl (C=O) groups excluding carboxylic acids is 1. The van der Waals surface area contributed by atoms with Gasteiger partial charge in [0.05, 0.1) is 4.92 Å². The number of likely N-dealkylation sites (N-methyl/N-ethyl adjacent to an activating group) is 1. The number of amides is 1. The zero-order valence-corrected chi connectivity index (χ0v) is 13.2. The van der Waals surface area contributed by atoms with Gasteiger partial charge in [-0.15, -0.1) is 12.4 Å². The molecule has 0 radical (unpaired) electrons. The van der Waals surface area contributed by atoms with E-state index in [4.69, 9.17) is 0 Å². The van der Waals surface area contributed by atoms with Crippen molar-refractivity contribution in [1.82, 2.24) is 10.2 Å². The van der Waals surface area contributed by atoms with Gasteiger partial charge in [0, 0.05) is 30.2 Å². The number of nitro benzene ring substituents is 1. The maximum atomic E-state index is 12.3. The molecule has 2 rings (SSSR count). The molecule has 0 spiro atoms. The third kappa shape index (κ3) is 3.47. The molecule has 1 heterocycles. The van der Waals surface area contributed by atoms with Gasteiger partial charge in [0.2, 0.25) is 0 Å². The first-order valence-corrected chi connectivity index (χ1v) is 6.72. The van der Waals surface area contributed by atoms with Gasteiger partial charge >= 0.3 is 0 Å². The Kier molecular flexibility index (Phi) is 5.91. The molecular weight excluding hydrogens is 350 g/mol. The van der Waals surface area contributed by atoms with Crippen LogP contribution >= 0.6 is 28.3 Å². The Morgan fingerprint density at radius 3 is 2.80 bits per heavy atom. The summed E-state index contributed by atoms with van der Waals surface area (Å²) < 4.78 is 0.584. The van der Waals surface area contributed by atoms with Gasteiger partial charge in [-0.05, 0) is 25.1 Å². The third-order valence-corrected chi connectivity index (χ3v) is 3.78. The Balaban J connectivity index is 0.00000200. The second-order valence-electron chi connectivity index (χ2n) is 4.48. The van der Waals surface area contributed by atoms with Crippen LogP contribution in [0.2, 0.25) is 0 Å². The highest BCUT2D eigenvalue weighted by Crippen LogP contribution is 2.25. The minimum absolute atomic E-state index is 0. The zero-order valence-electron chi connectivity index (χ0n) is 10.8. The van der Waals surface area contributed by atoms with Gasteiger partial charge in [-0.25, -0.2) is 0 Å². The van der Waals surface area contributed by atoms with Crippen LogP contribution in [0.15, 0.2) is 22.7 Å². The summed E-state index contributed by atoms with van der Waals surface area (Å²) in [5, 5.41) is 14.2. The lowest BCUT2D eigenvalue weighted by atomic mass is 10.1. The Morgan fingerprint density at radius 1 is 1.55 bits per heavy atom. The molecule has 8 heteroatoms. The topological polar surface area (TPSA) is 75.5 Å². The van der Waals surface area contributed by atoms with Crippen LogP contribution in [0.5, 0.6) is 0 Å². The largest absolute Gasteiger partial charge is 0.337 e. The molecule has 1 saturated heterocycles. The standard InChI is InChI=1S/C12H14BrN3O3.ClH/c1-15(9-4-5-14-7-9)12(17)10-3-2-8(13)6-11(10)16(18)19;/h2-3,6,9,14H,4-5,7H2,1H3;1H. The van der Waals surface area contributed by atoms with E-state index in [0.29, 0.717) is 4.47 Å². The molecule has 1 amide bonds. The summed E-state index contributed by atoms with van der Waals surface area (Å²) in [6.45, 7) is 1.59. The Hall–Kier alpha value is -1.18. The Bertz CT molecular complexity index is 521. The summed E-state index contributed by atoms with van der Waals surface area (Å²) in [5.74, 6) is -0.312. The van der Waals surface area contributed by atoms with Crippen LogP contribution in [-0.2, 0) is 0 Å². The third-order valence-electron chi connectivity index (χ3n) is 3.29. The number of benzene rings is 1. The van der Waals surface area contributed by atoms with Crippen molar-refractivity contribution < 1.29 is 9.72 Å². The average molecular weight is 365 g/mol. The summed E-state index contributed by atoms with van der Waals surface area (Å²) in [7, 11) is 1.69. The molecule has 20 heavy (non-hydrogen) atoms. The van der Waals surface area contributed by atoms with Crippen molar-refractivity contribution in [3.05, 3.63) is 38.3 Å². The summed E-state index contributed by atoms with van der Waals surface area (Å²) in [6.07, 6.45) is 0.868. The predicted molar refractivity (Wildman–Crippen MR) is 81.4 cm³/mol. The predicted octanol–water partition coefficient (Wildman–Crippen LogP) is 2.21. The van der Waals surface area contributed by atoms with Crippen molar-refractivity contribution in [2.45, 2.75) is 12.5 Å². The first-order chi connectivity index (χ1) is 9.00. The van der Waals surface area contributed by atoms with E-state index in [1.54, 1.807) is 18.0 Å². The molecule has 0 aromatic heterocycles. The second-order valence-corrected chi connectivity index (χ2v) is 5.40. The fraction of sp³-hybridized carbons (Fsp3) is 0.417. The molecule has 1 aliphatic rings. The van der Waals surface area contributed by atoms with E-state index in [1.807, 2.05) is 0 Å². The molecule has 1 N–H and O–H groups in total.